The number of hydrogen-bond donors (Lipinski definition) is 0. The van der Waals surface area contributed by atoms with Gasteiger partial charge in [-0.15, -0.1) is 0 Å². The predicted octanol–water partition coefficient (Wildman–Crippen LogP) is 4.33. The van der Waals surface area contributed by atoms with Crippen LogP contribution in [0.25, 0.3) is 0 Å². The van der Waals surface area contributed by atoms with Crippen molar-refractivity contribution in [2.24, 2.45) is 4.99 Å². The van der Waals surface area contributed by atoms with E-state index < -0.39 is 5.82 Å². The van der Waals surface area contributed by atoms with Crippen molar-refractivity contribution in [3.63, 3.8) is 0 Å². The number of anilines is 1. The number of carbonyl (C=O) groups excluding carboxylic acids is 1. The number of fused-ring (bicyclic) bond motifs is 1. The average molecular weight is 435 g/mol. The van der Waals surface area contributed by atoms with E-state index in [0.29, 0.717) is 26.3 Å². The molecule has 1 saturated heterocycles. The van der Waals surface area contributed by atoms with Crippen LogP contribution in [-0.4, -0.2) is 60.8 Å². The quantitative estimate of drug-likeness (QED) is 0.658. The summed E-state index contributed by atoms with van der Waals surface area (Å²) < 4.78 is 14.7. The van der Waals surface area contributed by atoms with Crippen LogP contribution >= 0.6 is 0 Å². The molecule has 2 aliphatic heterocycles. The Labute approximate surface area is 189 Å². The van der Waals surface area contributed by atoms with E-state index >= 15 is 0 Å². The summed E-state index contributed by atoms with van der Waals surface area (Å²) in [7, 11) is 0. The van der Waals surface area contributed by atoms with Crippen molar-refractivity contribution in [1.82, 2.24) is 9.80 Å². The molecule has 1 amide bonds. The highest BCUT2D eigenvalue weighted by Gasteiger charge is 2.28. The van der Waals surface area contributed by atoms with E-state index in [1.807, 2.05) is 24.4 Å². The minimum Gasteiger partial charge on any atom is -0.347 e. The molecule has 6 heteroatoms. The van der Waals surface area contributed by atoms with Crippen molar-refractivity contribution in [2.45, 2.75) is 33.4 Å². The molecule has 0 saturated carbocycles. The number of rotatable bonds is 5. The van der Waals surface area contributed by atoms with Gasteiger partial charge in [-0.2, -0.15) is 0 Å². The van der Waals surface area contributed by atoms with E-state index in [2.05, 4.69) is 47.7 Å². The molecule has 0 radical (unpaired) electrons. The molecule has 1 atom stereocenters. The van der Waals surface area contributed by atoms with Gasteiger partial charge in [0.05, 0.1) is 5.56 Å². The van der Waals surface area contributed by atoms with Crippen LogP contribution in [0.3, 0.4) is 0 Å². The van der Waals surface area contributed by atoms with E-state index in [9.17, 15) is 9.18 Å². The number of nitrogens with zero attached hydrogens (tertiary/aromatic N) is 4. The summed E-state index contributed by atoms with van der Waals surface area (Å²) in [5.41, 5.74) is 4.51. The topological polar surface area (TPSA) is 39.1 Å². The summed E-state index contributed by atoms with van der Waals surface area (Å²) in [4.78, 5) is 23.9. The van der Waals surface area contributed by atoms with Gasteiger partial charge >= 0.3 is 0 Å². The Balaban J connectivity index is 1.47. The maximum atomic E-state index is 14.7. The van der Waals surface area contributed by atoms with Crippen LogP contribution in [0.4, 0.5) is 10.1 Å². The molecular weight excluding hydrogens is 403 g/mol. The van der Waals surface area contributed by atoms with Crippen molar-refractivity contribution < 1.29 is 9.18 Å². The fourth-order valence-corrected chi connectivity index (χ4v) is 4.31. The van der Waals surface area contributed by atoms with Gasteiger partial charge in [-0.1, -0.05) is 35.9 Å². The first kappa shape index (κ1) is 22.2. The molecule has 2 aromatic carbocycles. The number of amides is 1. The first-order chi connectivity index (χ1) is 15.4. The lowest BCUT2D eigenvalue weighted by Gasteiger charge is -2.39. The molecule has 2 aromatic rings. The van der Waals surface area contributed by atoms with Gasteiger partial charge in [-0.3, -0.25) is 14.7 Å². The number of piperazine rings is 1. The lowest BCUT2D eigenvalue weighted by atomic mass is 10.1. The van der Waals surface area contributed by atoms with Crippen LogP contribution in [0.2, 0.25) is 0 Å². The second kappa shape index (κ2) is 9.65. The number of carbonyl (C=O) groups is 1. The zero-order valence-electron chi connectivity index (χ0n) is 19.1. The Morgan fingerprint density at radius 3 is 2.78 bits per heavy atom. The number of benzene rings is 2. The molecule has 32 heavy (non-hydrogen) atoms. The summed E-state index contributed by atoms with van der Waals surface area (Å²) in [6, 6.07) is 13.2. The highest BCUT2D eigenvalue weighted by Crippen LogP contribution is 2.25. The molecule has 0 N–H and O–H groups in total. The molecule has 0 bridgehead atoms. The molecule has 0 spiro atoms. The van der Waals surface area contributed by atoms with Crippen molar-refractivity contribution >= 4 is 17.8 Å². The van der Waals surface area contributed by atoms with E-state index in [1.165, 1.54) is 11.6 Å². The van der Waals surface area contributed by atoms with Gasteiger partial charge in [0.1, 0.15) is 12.5 Å². The van der Waals surface area contributed by atoms with Crippen LogP contribution in [0.15, 0.2) is 59.1 Å². The Morgan fingerprint density at radius 2 is 2.00 bits per heavy atom. The van der Waals surface area contributed by atoms with Crippen LogP contribution in [-0.2, 0) is 6.54 Å². The fourth-order valence-electron chi connectivity index (χ4n) is 4.31. The minimum absolute atomic E-state index is 0.154. The number of halogens is 1. The standard InChI is InChI=1S/C26H31FN4O/c1-19(2)10-11-29-12-13-30(16-20(29)3)26(32)23-14-21(8-9-24(23)27)17-31-18-28-15-22-6-4-5-7-25(22)31/h4-10,14-15,20H,11-13,16-18H2,1-3H3/t20-/m0/s1. The van der Waals surface area contributed by atoms with Gasteiger partial charge < -0.3 is 9.80 Å². The number of para-hydroxylation sites is 1. The van der Waals surface area contributed by atoms with E-state index in [1.54, 1.807) is 17.0 Å². The molecule has 168 valence electrons. The second-order valence-electron chi connectivity index (χ2n) is 8.90. The largest absolute Gasteiger partial charge is 0.347 e. The third kappa shape index (κ3) is 4.91. The first-order valence-corrected chi connectivity index (χ1v) is 11.2. The predicted molar refractivity (Wildman–Crippen MR) is 128 cm³/mol. The summed E-state index contributed by atoms with van der Waals surface area (Å²) in [6.45, 7) is 10.3. The monoisotopic (exact) mass is 434 g/mol. The lowest BCUT2D eigenvalue weighted by molar-refractivity contribution is 0.0538. The van der Waals surface area contributed by atoms with Crippen LogP contribution in [0.5, 0.6) is 0 Å². The average Bonchev–Trinajstić information content (AvgIpc) is 2.79. The molecule has 0 aromatic heterocycles. The highest BCUT2D eigenvalue weighted by atomic mass is 19.1. The SMILES string of the molecule is CC(C)=CCN1CCN(C(=O)c2cc(CN3CN=Cc4ccccc43)ccc2F)C[C@@H]1C. The third-order valence-corrected chi connectivity index (χ3v) is 6.18. The van der Waals surface area contributed by atoms with E-state index in [-0.39, 0.29) is 17.5 Å². The van der Waals surface area contributed by atoms with Crippen molar-refractivity contribution in [3.05, 3.63) is 76.6 Å². The van der Waals surface area contributed by atoms with Gasteiger partial charge in [0.2, 0.25) is 0 Å². The van der Waals surface area contributed by atoms with Crippen LogP contribution < -0.4 is 4.90 Å². The Hall–Kier alpha value is -2.99. The first-order valence-electron chi connectivity index (χ1n) is 11.2. The number of allylic oxidation sites excluding steroid dienone is 1. The van der Waals surface area contributed by atoms with Gasteiger partial charge in [0.25, 0.3) is 5.91 Å². The number of aliphatic imine (C=N–C) groups is 1. The van der Waals surface area contributed by atoms with Crippen molar-refractivity contribution in [1.29, 1.82) is 0 Å². The van der Waals surface area contributed by atoms with Crippen molar-refractivity contribution in [3.8, 4) is 0 Å². The summed E-state index contributed by atoms with van der Waals surface area (Å²) in [5, 5.41) is 0. The normalized spacial score (nSPS) is 18.4. The molecule has 4 rings (SSSR count). The molecule has 1 fully saturated rings. The Kier molecular flexibility index (Phi) is 6.70. The third-order valence-electron chi connectivity index (χ3n) is 6.18. The van der Waals surface area contributed by atoms with E-state index in [4.69, 9.17) is 0 Å². The number of hydrogen-bond acceptors (Lipinski definition) is 4. The summed E-state index contributed by atoms with van der Waals surface area (Å²) >= 11 is 0. The Bertz CT molecular complexity index is 1040. The molecule has 0 aliphatic carbocycles. The molecule has 2 aliphatic rings. The van der Waals surface area contributed by atoms with E-state index in [0.717, 1.165) is 29.9 Å². The maximum Gasteiger partial charge on any atom is 0.256 e. The summed E-state index contributed by atoms with van der Waals surface area (Å²) in [5.74, 6) is -0.689. The smallest absolute Gasteiger partial charge is 0.256 e. The molecule has 2 heterocycles. The van der Waals surface area contributed by atoms with Gasteiger partial charge in [0, 0.05) is 56.2 Å². The zero-order chi connectivity index (χ0) is 22.7. The summed E-state index contributed by atoms with van der Waals surface area (Å²) in [6.07, 6.45) is 4.09. The van der Waals surface area contributed by atoms with Crippen LogP contribution in [0, 0.1) is 5.82 Å². The zero-order valence-corrected chi connectivity index (χ0v) is 19.1. The van der Waals surface area contributed by atoms with Gasteiger partial charge in [-0.05, 0) is 44.5 Å². The van der Waals surface area contributed by atoms with Crippen LogP contribution in [0.1, 0.15) is 42.3 Å². The lowest BCUT2D eigenvalue weighted by Crippen LogP contribution is -2.53. The van der Waals surface area contributed by atoms with Crippen molar-refractivity contribution in [2.75, 3.05) is 37.7 Å². The fraction of sp³-hybridized carbons (Fsp3) is 0.385. The molecule has 0 unspecified atom stereocenters. The second-order valence-corrected chi connectivity index (χ2v) is 8.90. The molecule has 5 nitrogen and oxygen atoms in total. The highest BCUT2D eigenvalue weighted by molar-refractivity contribution is 5.95. The van der Waals surface area contributed by atoms with Gasteiger partial charge in [-0.25, -0.2) is 4.39 Å². The van der Waals surface area contributed by atoms with Gasteiger partial charge in [0.15, 0.2) is 0 Å². The minimum atomic E-state index is -0.463. The maximum absolute atomic E-state index is 14.7. The Morgan fingerprint density at radius 1 is 1.19 bits per heavy atom. The molecular formula is C26H31FN4O.